The van der Waals surface area contributed by atoms with E-state index in [1.54, 1.807) is 19.1 Å². The average Bonchev–Trinajstić information content (AvgIpc) is 2.37. The molecule has 0 saturated carbocycles. The van der Waals surface area contributed by atoms with Gasteiger partial charge < -0.3 is 10.0 Å². The lowest BCUT2D eigenvalue weighted by atomic mass is 9.99. The highest BCUT2D eigenvalue weighted by Gasteiger charge is 2.18. The van der Waals surface area contributed by atoms with E-state index in [2.05, 4.69) is 0 Å². The molecule has 0 radical (unpaired) electrons. The van der Waals surface area contributed by atoms with Gasteiger partial charge in [-0.3, -0.25) is 14.9 Å². The van der Waals surface area contributed by atoms with Crippen LogP contribution in [0.4, 0.5) is 5.69 Å². The van der Waals surface area contributed by atoms with Gasteiger partial charge in [0.2, 0.25) is 0 Å². The number of benzene rings is 1. The minimum atomic E-state index is -0.844. The largest absolute Gasteiger partial charge is 0.481 e. The lowest BCUT2D eigenvalue weighted by Crippen LogP contribution is -2.28. The van der Waals surface area contributed by atoms with Gasteiger partial charge in [0.1, 0.15) is 0 Å². The number of carboxylic acids is 1. The topological polar surface area (TPSA) is 83.7 Å². The van der Waals surface area contributed by atoms with Crippen molar-refractivity contribution in [2.45, 2.75) is 33.2 Å². The van der Waals surface area contributed by atoms with E-state index in [1.165, 1.54) is 0 Å². The highest BCUT2D eigenvalue weighted by atomic mass is 16.6. The van der Waals surface area contributed by atoms with E-state index in [9.17, 15) is 14.9 Å². The van der Waals surface area contributed by atoms with E-state index >= 15 is 0 Å². The quantitative estimate of drug-likeness (QED) is 0.617. The summed E-state index contributed by atoms with van der Waals surface area (Å²) in [6.07, 6.45) is 0. The molecule has 116 valence electrons. The summed E-state index contributed by atoms with van der Waals surface area (Å²) in [5.74, 6) is -1.23. The first kappa shape index (κ1) is 17.1. The van der Waals surface area contributed by atoms with Crippen LogP contribution < -0.4 is 0 Å². The van der Waals surface area contributed by atoms with Crippen LogP contribution in [-0.4, -0.2) is 34.5 Å². The number of nitro groups is 1. The van der Waals surface area contributed by atoms with Crippen LogP contribution in [0.25, 0.3) is 0 Å². The molecule has 0 bridgehead atoms. The Kier molecular flexibility index (Phi) is 5.84. The first-order valence-electron chi connectivity index (χ1n) is 6.91. The number of nitrogens with zero attached hydrogens (tertiary/aromatic N) is 2. The Hall–Kier alpha value is -1.95. The van der Waals surface area contributed by atoms with Crippen LogP contribution in [0.15, 0.2) is 18.2 Å². The van der Waals surface area contributed by atoms with Crippen molar-refractivity contribution in [3.05, 3.63) is 39.4 Å². The third-order valence-electron chi connectivity index (χ3n) is 3.37. The zero-order valence-corrected chi connectivity index (χ0v) is 12.9. The zero-order valence-electron chi connectivity index (χ0n) is 12.9. The molecule has 1 unspecified atom stereocenters. The molecule has 0 spiro atoms. The maximum Gasteiger partial charge on any atom is 0.307 e. The Morgan fingerprint density at radius 3 is 2.48 bits per heavy atom. The van der Waals surface area contributed by atoms with E-state index in [0.29, 0.717) is 18.7 Å². The molecule has 0 saturated heterocycles. The van der Waals surface area contributed by atoms with Gasteiger partial charge in [-0.05, 0) is 18.5 Å². The van der Waals surface area contributed by atoms with Crippen LogP contribution >= 0.6 is 0 Å². The third-order valence-corrected chi connectivity index (χ3v) is 3.37. The second-order valence-corrected chi connectivity index (χ2v) is 5.74. The van der Waals surface area contributed by atoms with Crippen molar-refractivity contribution in [1.29, 1.82) is 0 Å². The highest BCUT2D eigenvalue weighted by Crippen LogP contribution is 2.27. The Bertz CT molecular complexity index is 528. The number of hydrogen-bond acceptors (Lipinski definition) is 4. The van der Waals surface area contributed by atoms with Gasteiger partial charge in [0.25, 0.3) is 5.69 Å². The molecule has 1 N–H and O–H groups in total. The summed E-state index contributed by atoms with van der Waals surface area (Å²) in [6.45, 7) is 6.36. The van der Waals surface area contributed by atoms with Gasteiger partial charge >= 0.3 is 5.97 Å². The fraction of sp³-hybridized carbons (Fsp3) is 0.533. The molecular weight excluding hydrogens is 272 g/mol. The Labute approximate surface area is 124 Å². The lowest BCUT2D eigenvalue weighted by molar-refractivity contribution is -0.385. The number of carboxylic acid groups (broad SMARTS) is 1. The molecule has 1 atom stereocenters. The summed E-state index contributed by atoms with van der Waals surface area (Å²) < 4.78 is 0. The van der Waals surface area contributed by atoms with Gasteiger partial charge in [0.05, 0.1) is 10.8 Å². The molecule has 0 amide bonds. The predicted octanol–water partition coefficient (Wildman–Crippen LogP) is 2.87. The smallest absolute Gasteiger partial charge is 0.307 e. The fourth-order valence-electron chi connectivity index (χ4n) is 2.26. The average molecular weight is 294 g/mol. The molecule has 0 aliphatic heterocycles. The fourth-order valence-corrected chi connectivity index (χ4v) is 2.26. The van der Waals surface area contributed by atoms with Gasteiger partial charge in [0.15, 0.2) is 0 Å². The van der Waals surface area contributed by atoms with Crippen molar-refractivity contribution in [2.75, 3.05) is 13.6 Å². The van der Waals surface area contributed by atoms with E-state index in [0.717, 1.165) is 5.56 Å². The number of rotatable bonds is 7. The summed E-state index contributed by atoms with van der Waals surface area (Å²) in [4.78, 5) is 23.5. The minimum Gasteiger partial charge on any atom is -0.481 e. The molecule has 0 aliphatic rings. The van der Waals surface area contributed by atoms with Gasteiger partial charge in [-0.15, -0.1) is 0 Å². The van der Waals surface area contributed by atoms with E-state index < -0.39 is 11.9 Å². The van der Waals surface area contributed by atoms with Gasteiger partial charge in [-0.1, -0.05) is 32.9 Å². The van der Waals surface area contributed by atoms with Crippen molar-refractivity contribution >= 4 is 11.7 Å². The molecule has 6 nitrogen and oxygen atoms in total. The van der Waals surface area contributed by atoms with Crippen molar-refractivity contribution in [1.82, 2.24) is 4.90 Å². The number of hydrogen-bond donors (Lipinski definition) is 1. The van der Waals surface area contributed by atoms with Crippen LogP contribution in [0.3, 0.4) is 0 Å². The van der Waals surface area contributed by atoms with Crippen molar-refractivity contribution in [3.63, 3.8) is 0 Å². The van der Waals surface area contributed by atoms with E-state index in [-0.39, 0.29) is 16.5 Å². The van der Waals surface area contributed by atoms with Crippen LogP contribution in [0.1, 0.15) is 37.8 Å². The molecule has 1 aromatic rings. The maximum atomic E-state index is 11.1. The molecule has 0 heterocycles. The summed E-state index contributed by atoms with van der Waals surface area (Å²) in [5.41, 5.74) is 1.65. The molecular formula is C15H22N2O4. The summed E-state index contributed by atoms with van der Waals surface area (Å²) in [5, 5.41) is 20.0. The SMILES string of the molecule is CC(CN(C)Cc1ccc(C(C)C)c([N+](=O)[O-])c1)C(=O)O. The Balaban J connectivity index is 2.87. The van der Waals surface area contributed by atoms with Gasteiger partial charge in [-0.2, -0.15) is 0 Å². The first-order chi connectivity index (χ1) is 9.72. The van der Waals surface area contributed by atoms with Crippen molar-refractivity contribution in [2.24, 2.45) is 5.92 Å². The summed E-state index contributed by atoms with van der Waals surface area (Å²) >= 11 is 0. The maximum absolute atomic E-state index is 11.1. The second kappa shape index (κ2) is 7.17. The molecule has 0 aromatic heterocycles. The van der Waals surface area contributed by atoms with Crippen LogP contribution in [0.5, 0.6) is 0 Å². The number of aliphatic carboxylic acids is 1. The van der Waals surface area contributed by atoms with Crippen molar-refractivity contribution in [3.8, 4) is 0 Å². The molecule has 1 rings (SSSR count). The van der Waals surface area contributed by atoms with Crippen LogP contribution in [-0.2, 0) is 11.3 Å². The molecule has 0 aliphatic carbocycles. The zero-order chi connectivity index (χ0) is 16.2. The number of nitro benzene ring substituents is 1. The lowest BCUT2D eigenvalue weighted by Gasteiger charge is -2.19. The Morgan fingerprint density at radius 1 is 1.38 bits per heavy atom. The Morgan fingerprint density at radius 2 is 2.00 bits per heavy atom. The predicted molar refractivity (Wildman–Crippen MR) is 80.3 cm³/mol. The van der Waals surface area contributed by atoms with Crippen LogP contribution in [0, 0.1) is 16.0 Å². The third kappa shape index (κ3) is 4.82. The van der Waals surface area contributed by atoms with Crippen LogP contribution in [0.2, 0.25) is 0 Å². The normalized spacial score (nSPS) is 12.7. The monoisotopic (exact) mass is 294 g/mol. The van der Waals surface area contributed by atoms with Gasteiger partial charge in [-0.25, -0.2) is 0 Å². The molecule has 0 fully saturated rings. The highest BCUT2D eigenvalue weighted by molar-refractivity contribution is 5.69. The molecule has 21 heavy (non-hydrogen) atoms. The minimum absolute atomic E-state index is 0.0872. The second-order valence-electron chi connectivity index (χ2n) is 5.74. The standard InChI is InChI=1S/C15H22N2O4/c1-10(2)13-6-5-12(7-14(13)17(20)21)9-16(4)8-11(3)15(18)19/h5-7,10-11H,8-9H2,1-4H3,(H,18,19). The van der Waals surface area contributed by atoms with Crippen molar-refractivity contribution < 1.29 is 14.8 Å². The van der Waals surface area contributed by atoms with E-state index in [1.807, 2.05) is 31.9 Å². The van der Waals surface area contributed by atoms with Gasteiger partial charge in [0, 0.05) is 24.7 Å². The first-order valence-corrected chi connectivity index (χ1v) is 6.91. The van der Waals surface area contributed by atoms with E-state index in [4.69, 9.17) is 5.11 Å². The summed E-state index contributed by atoms with van der Waals surface area (Å²) in [6, 6.07) is 5.23. The number of carbonyl (C=O) groups is 1. The molecule has 6 heteroatoms. The molecule has 1 aromatic carbocycles. The summed E-state index contributed by atoms with van der Waals surface area (Å²) in [7, 11) is 1.81.